The molecule has 0 aliphatic carbocycles. The molecule has 1 heteroatoms. The number of rotatable bonds is 1. The third kappa shape index (κ3) is 1.70. The smallest absolute Gasteiger partial charge is 0.0405 e. The molecule has 2 heterocycles. The van der Waals surface area contributed by atoms with E-state index in [2.05, 4.69) is 69.0 Å². The Kier molecular flexibility index (Phi) is 2.69. The lowest BCUT2D eigenvalue weighted by Crippen LogP contribution is -2.31. The van der Waals surface area contributed by atoms with Gasteiger partial charge in [-0.1, -0.05) is 35.9 Å². The van der Waals surface area contributed by atoms with E-state index in [1.807, 2.05) is 0 Å². The Bertz CT molecular complexity index is 716. The summed E-state index contributed by atoms with van der Waals surface area (Å²) in [6, 6.07) is 14.3. The van der Waals surface area contributed by atoms with E-state index >= 15 is 0 Å². The summed E-state index contributed by atoms with van der Waals surface area (Å²) in [4.78, 5) is 2.61. The van der Waals surface area contributed by atoms with Gasteiger partial charge in [0.05, 0.1) is 0 Å². The van der Waals surface area contributed by atoms with E-state index in [4.69, 9.17) is 0 Å². The van der Waals surface area contributed by atoms with Crippen molar-refractivity contribution in [3.05, 3.63) is 64.2 Å². The number of hydrogen-bond acceptors (Lipinski definition) is 1. The first-order chi connectivity index (χ1) is 10.1. The van der Waals surface area contributed by atoms with Crippen LogP contribution in [0.4, 0.5) is 5.69 Å². The quantitative estimate of drug-likeness (QED) is 0.730. The van der Waals surface area contributed by atoms with Crippen LogP contribution >= 0.6 is 0 Å². The molecular weight excluding hydrogens is 254 g/mol. The van der Waals surface area contributed by atoms with E-state index < -0.39 is 0 Å². The summed E-state index contributed by atoms with van der Waals surface area (Å²) in [6.45, 7) is 10.4. The lowest BCUT2D eigenvalue weighted by atomic mass is 9.76. The predicted octanol–water partition coefficient (Wildman–Crippen LogP) is 4.70. The monoisotopic (exact) mass is 277 g/mol. The fraction of sp³-hybridized carbons (Fsp3) is 0.400. The number of fused-ring (bicyclic) bond motifs is 5. The maximum atomic E-state index is 2.61. The van der Waals surface area contributed by atoms with Gasteiger partial charge in [0.25, 0.3) is 0 Å². The van der Waals surface area contributed by atoms with E-state index in [0.29, 0.717) is 17.9 Å². The van der Waals surface area contributed by atoms with E-state index in [0.717, 1.165) is 0 Å². The van der Waals surface area contributed by atoms with Gasteiger partial charge in [-0.2, -0.15) is 0 Å². The van der Waals surface area contributed by atoms with Gasteiger partial charge in [-0.3, -0.25) is 0 Å². The highest BCUT2D eigenvalue weighted by Crippen LogP contribution is 2.54. The summed E-state index contributed by atoms with van der Waals surface area (Å²) in [5.41, 5.74) is 8.91. The first-order valence-electron chi connectivity index (χ1n) is 8.01. The molecule has 1 nitrogen and oxygen atoms in total. The van der Waals surface area contributed by atoms with Crippen molar-refractivity contribution in [3.8, 4) is 0 Å². The number of benzene rings is 2. The van der Waals surface area contributed by atoms with Crippen molar-refractivity contribution in [3.63, 3.8) is 0 Å². The van der Waals surface area contributed by atoms with Crippen molar-refractivity contribution in [2.24, 2.45) is 0 Å². The Morgan fingerprint density at radius 3 is 2.57 bits per heavy atom. The molecule has 21 heavy (non-hydrogen) atoms. The van der Waals surface area contributed by atoms with Gasteiger partial charge in [0.2, 0.25) is 0 Å². The number of hydrogen-bond donors (Lipinski definition) is 0. The van der Waals surface area contributed by atoms with Crippen LogP contribution in [0.15, 0.2) is 36.4 Å². The van der Waals surface area contributed by atoms with E-state index in [9.17, 15) is 0 Å². The van der Waals surface area contributed by atoms with Crippen LogP contribution in [0, 0.1) is 20.8 Å². The maximum absolute atomic E-state index is 2.61. The van der Waals surface area contributed by atoms with E-state index in [-0.39, 0.29) is 0 Å². The third-order valence-electron chi connectivity index (χ3n) is 5.69. The molecule has 2 aromatic rings. The molecule has 0 amide bonds. The molecule has 0 radical (unpaired) electrons. The molecule has 0 saturated carbocycles. The second kappa shape index (κ2) is 4.37. The average molecular weight is 277 g/mol. The van der Waals surface area contributed by atoms with E-state index in [1.54, 1.807) is 11.1 Å². The number of aryl methyl sites for hydroxylation is 2. The van der Waals surface area contributed by atoms with Crippen LogP contribution in [0.25, 0.3) is 0 Å². The van der Waals surface area contributed by atoms with Crippen molar-refractivity contribution in [2.45, 2.75) is 45.6 Å². The van der Waals surface area contributed by atoms with Crippen LogP contribution < -0.4 is 4.90 Å². The Morgan fingerprint density at radius 1 is 1.00 bits per heavy atom. The zero-order valence-electron chi connectivity index (χ0n) is 13.4. The Labute approximate surface area is 127 Å². The highest BCUT2D eigenvalue weighted by molar-refractivity contribution is 5.66. The molecular formula is C20H23N. The second-order valence-corrected chi connectivity index (χ2v) is 6.88. The molecule has 0 N–H and O–H groups in total. The summed E-state index contributed by atoms with van der Waals surface area (Å²) in [7, 11) is 0. The minimum atomic E-state index is 0.602. The van der Waals surface area contributed by atoms with Crippen LogP contribution in [-0.2, 0) is 0 Å². The number of nitrogens with zero attached hydrogens (tertiary/aromatic N) is 1. The average Bonchev–Trinajstić information content (AvgIpc) is 2.99. The predicted molar refractivity (Wildman–Crippen MR) is 89.4 cm³/mol. The Balaban J connectivity index is 1.86. The summed E-state index contributed by atoms with van der Waals surface area (Å²) in [5, 5.41) is 0. The third-order valence-corrected chi connectivity index (χ3v) is 5.69. The van der Waals surface area contributed by atoms with Crippen molar-refractivity contribution in [1.82, 2.24) is 0 Å². The summed E-state index contributed by atoms with van der Waals surface area (Å²) < 4.78 is 0. The standard InChI is InChI=1S/C20H23N/c1-12-9-13(2)14(3)17(10-12)20-15(4)21-11-18(20)16-7-5-6-8-19(16)21/h5-10,15,18,20H,11H2,1-4H3/t15-,18?,20?/m1/s1. The lowest BCUT2D eigenvalue weighted by molar-refractivity contribution is 0.566. The first-order valence-corrected chi connectivity index (χ1v) is 8.01. The van der Waals surface area contributed by atoms with Crippen LogP contribution in [0.1, 0.15) is 46.6 Å². The molecule has 1 fully saturated rings. The topological polar surface area (TPSA) is 3.24 Å². The van der Waals surface area contributed by atoms with Crippen LogP contribution in [0.2, 0.25) is 0 Å². The molecule has 1 saturated heterocycles. The summed E-state index contributed by atoms with van der Waals surface area (Å²) in [6.07, 6.45) is 0. The number of anilines is 1. The van der Waals surface area contributed by atoms with Crippen molar-refractivity contribution in [1.29, 1.82) is 0 Å². The highest BCUT2D eigenvalue weighted by Gasteiger charge is 2.47. The highest BCUT2D eigenvalue weighted by atomic mass is 15.2. The van der Waals surface area contributed by atoms with E-state index in [1.165, 1.54) is 28.9 Å². The summed E-state index contributed by atoms with van der Waals surface area (Å²) >= 11 is 0. The normalized spacial score (nSPS) is 26.3. The van der Waals surface area contributed by atoms with Gasteiger partial charge >= 0.3 is 0 Å². The van der Waals surface area contributed by atoms with Crippen LogP contribution in [0.3, 0.4) is 0 Å². The van der Waals surface area contributed by atoms with Gasteiger partial charge in [0.1, 0.15) is 0 Å². The minimum Gasteiger partial charge on any atom is -0.367 e. The lowest BCUT2D eigenvalue weighted by Gasteiger charge is -2.33. The molecule has 3 atom stereocenters. The maximum Gasteiger partial charge on any atom is 0.0405 e. The molecule has 108 valence electrons. The first kappa shape index (κ1) is 12.9. The zero-order valence-corrected chi connectivity index (χ0v) is 13.4. The van der Waals surface area contributed by atoms with Crippen molar-refractivity contribution < 1.29 is 0 Å². The van der Waals surface area contributed by atoms with Gasteiger partial charge in [0, 0.05) is 30.1 Å². The fourth-order valence-corrected chi connectivity index (χ4v) is 4.59. The van der Waals surface area contributed by atoms with Crippen molar-refractivity contribution in [2.75, 3.05) is 11.4 Å². The molecule has 2 unspecified atom stereocenters. The second-order valence-electron chi connectivity index (χ2n) is 6.88. The Hall–Kier alpha value is -1.76. The SMILES string of the molecule is Cc1cc(C)c(C)c(C2C3CN(c4ccccc43)[C@@H]2C)c1. The molecule has 0 aromatic heterocycles. The molecule has 2 bridgehead atoms. The number of para-hydroxylation sites is 1. The minimum absolute atomic E-state index is 0.602. The van der Waals surface area contributed by atoms with Gasteiger partial charge in [-0.05, 0) is 56.0 Å². The molecule has 2 aliphatic heterocycles. The fourth-order valence-electron chi connectivity index (χ4n) is 4.59. The van der Waals surface area contributed by atoms with Gasteiger partial charge in [-0.15, -0.1) is 0 Å². The molecule has 4 rings (SSSR count). The molecule has 0 spiro atoms. The Morgan fingerprint density at radius 2 is 1.76 bits per heavy atom. The van der Waals surface area contributed by atoms with Crippen LogP contribution in [-0.4, -0.2) is 12.6 Å². The largest absolute Gasteiger partial charge is 0.367 e. The van der Waals surface area contributed by atoms with Crippen LogP contribution in [0.5, 0.6) is 0 Å². The van der Waals surface area contributed by atoms with Gasteiger partial charge in [-0.25, -0.2) is 0 Å². The molecule has 2 aliphatic rings. The summed E-state index contributed by atoms with van der Waals surface area (Å²) in [5.74, 6) is 1.30. The molecule has 2 aromatic carbocycles. The van der Waals surface area contributed by atoms with Gasteiger partial charge in [0.15, 0.2) is 0 Å². The van der Waals surface area contributed by atoms with Gasteiger partial charge < -0.3 is 4.90 Å². The van der Waals surface area contributed by atoms with Crippen molar-refractivity contribution >= 4 is 5.69 Å². The zero-order chi connectivity index (χ0) is 14.7.